The average molecular weight is 277 g/mol. The molecule has 2 fully saturated rings. The fraction of sp³-hybridized carbons (Fsp3) is 0.462. The number of nitrogens with zero attached hydrogens (tertiary/aromatic N) is 1. The van der Waals surface area contributed by atoms with Crippen LogP contribution in [0.1, 0.15) is 29.0 Å². The standard InChI is InChI=1S/C13H15N3O4/c1-8-9(2-7-20-8)10(17)16-5-3-13(4-6-16)11(18)14-12(19)15-13/h2,7H,3-6H2,1H3,(H2,14,15,18,19). The SMILES string of the molecule is Cc1occc1C(=O)N1CCC2(CC1)NC(=O)NC2=O. The molecule has 3 rings (SSSR count). The summed E-state index contributed by atoms with van der Waals surface area (Å²) in [5.41, 5.74) is -0.305. The first-order valence-corrected chi connectivity index (χ1v) is 6.49. The quantitative estimate of drug-likeness (QED) is 0.727. The molecule has 7 nitrogen and oxygen atoms in total. The van der Waals surface area contributed by atoms with Crippen LogP contribution in [0.3, 0.4) is 0 Å². The van der Waals surface area contributed by atoms with Crippen LogP contribution < -0.4 is 10.6 Å². The van der Waals surface area contributed by atoms with Gasteiger partial charge in [0.1, 0.15) is 11.3 Å². The summed E-state index contributed by atoms with van der Waals surface area (Å²) in [6, 6.07) is 1.19. The lowest BCUT2D eigenvalue weighted by Crippen LogP contribution is -2.55. The van der Waals surface area contributed by atoms with E-state index >= 15 is 0 Å². The molecule has 1 spiro atoms. The highest BCUT2D eigenvalue weighted by atomic mass is 16.3. The lowest BCUT2D eigenvalue weighted by atomic mass is 9.87. The molecule has 0 aromatic carbocycles. The van der Waals surface area contributed by atoms with Gasteiger partial charge in [0.15, 0.2) is 0 Å². The molecule has 1 aromatic rings. The van der Waals surface area contributed by atoms with Crippen LogP contribution in [0.4, 0.5) is 4.79 Å². The predicted octanol–water partition coefficient (Wildman–Crippen LogP) is 0.402. The third kappa shape index (κ3) is 1.86. The molecule has 20 heavy (non-hydrogen) atoms. The molecule has 0 bridgehead atoms. The van der Waals surface area contributed by atoms with Crippen molar-refractivity contribution in [2.24, 2.45) is 0 Å². The normalized spacial score (nSPS) is 20.9. The van der Waals surface area contributed by atoms with Crippen molar-refractivity contribution >= 4 is 17.8 Å². The third-order valence-electron chi connectivity index (χ3n) is 4.01. The first-order valence-electron chi connectivity index (χ1n) is 6.49. The van der Waals surface area contributed by atoms with E-state index in [1.165, 1.54) is 6.26 Å². The Morgan fingerprint density at radius 3 is 2.55 bits per heavy atom. The van der Waals surface area contributed by atoms with Crippen molar-refractivity contribution in [2.75, 3.05) is 13.1 Å². The zero-order chi connectivity index (χ0) is 14.3. The summed E-state index contributed by atoms with van der Waals surface area (Å²) in [6.07, 6.45) is 2.33. The number of carbonyl (C=O) groups excluding carboxylic acids is 3. The lowest BCUT2D eigenvalue weighted by molar-refractivity contribution is -0.125. The Morgan fingerprint density at radius 1 is 1.35 bits per heavy atom. The molecule has 106 valence electrons. The van der Waals surface area contributed by atoms with Crippen molar-refractivity contribution in [2.45, 2.75) is 25.3 Å². The monoisotopic (exact) mass is 277 g/mol. The smallest absolute Gasteiger partial charge is 0.322 e. The van der Waals surface area contributed by atoms with Crippen LogP contribution in [0.25, 0.3) is 0 Å². The largest absolute Gasteiger partial charge is 0.469 e. The Hall–Kier alpha value is -2.31. The molecule has 2 saturated heterocycles. The van der Waals surface area contributed by atoms with E-state index in [2.05, 4.69) is 10.6 Å². The van der Waals surface area contributed by atoms with Gasteiger partial charge in [0.05, 0.1) is 11.8 Å². The molecule has 4 amide bonds. The van der Waals surface area contributed by atoms with Crippen molar-refractivity contribution < 1.29 is 18.8 Å². The Kier molecular flexibility index (Phi) is 2.77. The van der Waals surface area contributed by atoms with Crippen LogP contribution in [0.2, 0.25) is 0 Å². The van der Waals surface area contributed by atoms with Crippen LogP contribution in [-0.4, -0.2) is 41.4 Å². The minimum absolute atomic E-state index is 0.101. The zero-order valence-electron chi connectivity index (χ0n) is 11.1. The predicted molar refractivity (Wildman–Crippen MR) is 68.0 cm³/mol. The van der Waals surface area contributed by atoms with Crippen LogP contribution in [0, 0.1) is 6.92 Å². The third-order valence-corrected chi connectivity index (χ3v) is 4.01. The molecule has 0 atom stereocenters. The number of nitrogens with one attached hydrogen (secondary N) is 2. The number of carbonyl (C=O) groups is 3. The summed E-state index contributed by atoms with van der Waals surface area (Å²) in [6.45, 7) is 2.59. The van der Waals surface area contributed by atoms with Gasteiger partial charge < -0.3 is 14.6 Å². The first kappa shape index (κ1) is 12.7. The van der Waals surface area contributed by atoms with Gasteiger partial charge in [0, 0.05) is 13.1 Å². The molecule has 1 aromatic heterocycles. The maximum Gasteiger partial charge on any atom is 0.322 e. The number of hydrogen-bond donors (Lipinski definition) is 2. The van der Waals surface area contributed by atoms with Crippen molar-refractivity contribution in [3.05, 3.63) is 23.7 Å². The number of urea groups is 1. The van der Waals surface area contributed by atoms with Gasteiger partial charge in [0.25, 0.3) is 11.8 Å². The minimum atomic E-state index is -0.848. The molecule has 2 aliphatic rings. The Morgan fingerprint density at radius 2 is 2.05 bits per heavy atom. The highest BCUT2D eigenvalue weighted by Gasteiger charge is 2.48. The van der Waals surface area contributed by atoms with E-state index in [4.69, 9.17) is 4.42 Å². The molecule has 2 aliphatic heterocycles. The molecular formula is C13H15N3O4. The number of imide groups is 1. The molecule has 2 N–H and O–H groups in total. The average Bonchev–Trinajstić information content (AvgIpc) is 2.95. The van der Waals surface area contributed by atoms with E-state index in [1.807, 2.05) is 0 Å². The second kappa shape index (κ2) is 4.36. The fourth-order valence-electron chi connectivity index (χ4n) is 2.75. The van der Waals surface area contributed by atoms with E-state index in [9.17, 15) is 14.4 Å². The highest BCUT2D eigenvalue weighted by molar-refractivity contribution is 6.07. The van der Waals surface area contributed by atoms with E-state index in [0.29, 0.717) is 37.3 Å². The zero-order valence-corrected chi connectivity index (χ0v) is 11.1. The van der Waals surface area contributed by atoms with Crippen LogP contribution in [0.5, 0.6) is 0 Å². The highest BCUT2D eigenvalue weighted by Crippen LogP contribution is 2.26. The molecule has 0 saturated carbocycles. The minimum Gasteiger partial charge on any atom is -0.469 e. The van der Waals surface area contributed by atoms with Crippen molar-refractivity contribution in [1.29, 1.82) is 0 Å². The lowest BCUT2D eigenvalue weighted by Gasteiger charge is -2.36. The summed E-state index contributed by atoms with van der Waals surface area (Å²) >= 11 is 0. The van der Waals surface area contributed by atoms with Gasteiger partial charge >= 0.3 is 6.03 Å². The number of hydrogen-bond acceptors (Lipinski definition) is 4. The fourth-order valence-corrected chi connectivity index (χ4v) is 2.75. The number of piperidine rings is 1. The molecule has 0 unspecified atom stereocenters. The van der Waals surface area contributed by atoms with Gasteiger partial charge in [-0.15, -0.1) is 0 Å². The summed E-state index contributed by atoms with van der Waals surface area (Å²) in [5, 5.41) is 4.92. The maximum atomic E-state index is 12.3. The first-order chi connectivity index (χ1) is 9.52. The Bertz CT molecular complexity index is 584. The Balaban J connectivity index is 1.70. The summed E-state index contributed by atoms with van der Waals surface area (Å²) in [4.78, 5) is 37.0. The summed E-state index contributed by atoms with van der Waals surface area (Å²) < 4.78 is 5.13. The molecule has 3 heterocycles. The number of amides is 4. The van der Waals surface area contributed by atoms with E-state index < -0.39 is 11.6 Å². The molecular weight excluding hydrogens is 262 g/mol. The second-order valence-corrected chi connectivity index (χ2v) is 5.17. The van der Waals surface area contributed by atoms with Gasteiger partial charge in [-0.05, 0) is 25.8 Å². The van der Waals surface area contributed by atoms with Crippen molar-refractivity contribution in [3.63, 3.8) is 0 Å². The van der Waals surface area contributed by atoms with Crippen LogP contribution in [0.15, 0.2) is 16.7 Å². The van der Waals surface area contributed by atoms with Gasteiger partial charge in [0.2, 0.25) is 0 Å². The topological polar surface area (TPSA) is 91.7 Å². The molecule has 0 radical (unpaired) electrons. The number of furan rings is 1. The van der Waals surface area contributed by atoms with Crippen molar-refractivity contribution in [1.82, 2.24) is 15.5 Å². The second-order valence-electron chi connectivity index (χ2n) is 5.17. The van der Waals surface area contributed by atoms with Crippen LogP contribution >= 0.6 is 0 Å². The van der Waals surface area contributed by atoms with Crippen LogP contribution in [-0.2, 0) is 4.79 Å². The van der Waals surface area contributed by atoms with E-state index in [-0.39, 0.29) is 11.8 Å². The number of likely N-dealkylation sites (tertiary alicyclic amines) is 1. The summed E-state index contributed by atoms with van der Waals surface area (Å²) in [5.74, 6) is 0.187. The van der Waals surface area contributed by atoms with Gasteiger partial charge in [-0.2, -0.15) is 0 Å². The molecule has 7 heteroatoms. The van der Waals surface area contributed by atoms with E-state index in [1.54, 1.807) is 17.9 Å². The van der Waals surface area contributed by atoms with Gasteiger partial charge in [-0.3, -0.25) is 14.9 Å². The maximum absolute atomic E-state index is 12.3. The van der Waals surface area contributed by atoms with E-state index in [0.717, 1.165) is 0 Å². The van der Waals surface area contributed by atoms with Crippen molar-refractivity contribution in [3.8, 4) is 0 Å². The van der Waals surface area contributed by atoms with Gasteiger partial charge in [-0.1, -0.05) is 0 Å². The molecule has 0 aliphatic carbocycles. The summed E-state index contributed by atoms with van der Waals surface area (Å²) in [7, 11) is 0. The number of aryl methyl sites for hydroxylation is 1. The van der Waals surface area contributed by atoms with Gasteiger partial charge in [-0.25, -0.2) is 4.79 Å². The number of rotatable bonds is 1. The Labute approximate surface area is 115 Å².